The Morgan fingerprint density at radius 2 is 2.43 bits per heavy atom. The first-order valence-electron chi connectivity index (χ1n) is 4.86. The monoisotopic (exact) mass is 199 g/mol. The van der Waals surface area contributed by atoms with Gasteiger partial charge < -0.3 is 15.8 Å². The smallest absolute Gasteiger partial charge is 0.328 e. The van der Waals surface area contributed by atoms with E-state index in [4.69, 9.17) is 10.5 Å². The Bertz CT molecular complexity index is 238. The van der Waals surface area contributed by atoms with Crippen molar-refractivity contribution in [3.05, 3.63) is 0 Å². The number of nitrogens with two attached hydrogens (primary N) is 1. The van der Waals surface area contributed by atoms with E-state index < -0.39 is 0 Å². The summed E-state index contributed by atoms with van der Waals surface area (Å²) in [5.74, 6) is 0.0771. The maximum atomic E-state index is 11.5. The van der Waals surface area contributed by atoms with Crippen molar-refractivity contribution in [2.24, 2.45) is 10.7 Å². The first kappa shape index (κ1) is 10.8. The zero-order chi connectivity index (χ0) is 10.6. The summed E-state index contributed by atoms with van der Waals surface area (Å²) >= 11 is 0. The van der Waals surface area contributed by atoms with Crippen LogP contribution in [-0.4, -0.2) is 30.6 Å². The van der Waals surface area contributed by atoms with E-state index >= 15 is 0 Å². The largest absolute Gasteiger partial charge is 0.461 e. The van der Waals surface area contributed by atoms with Gasteiger partial charge in [-0.15, -0.1) is 0 Å². The van der Waals surface area contributed by atoms with Crippen molar-refractivity contribution in [1.29, 1.82) is 0 Å². The first-order chi connectivity index (χ1) is 6.59. The minimum absolute atomic E-state index is 0.0919. The van der Waals surface area contributed by atoms with E-state index in [2.05, 4.69) is 10.3 Å². The molecular formula is C9H17N3O2. The van der Waals surface area contributed by atoms with Crippen LogP contribution in [-0.2, 0) is 9.53 Å². The van der Waals surface area contributed by atoms with E-state index in [-0.39, 0.29) is 18.1 Å². The number of esters is 1. The molecule has 1 aliphatic rings. The Morgan fingerprint density at radius 3 is 3.07 bits per heavy atom. The lowest BCUT2D eigenvalue weighted by molar-refractivity contribution is -0.149. The topological polar surface area (TPSA) is 76.7 Å². The molecule has 0 bridgehead atoms. The van der Waals surface area contributed by atoms with Crippen LogP contribution in [0.25, 0.3) is 0 Å². The van der Waals surface area contributed by atoms with Crippen LogP contribution < -0.4 is 11.1 Å². The van der Waals surface area contributed by atoms with Crippen LogP contribution in [0.5, 0.6) is 0 Å². The zero-order valence-corrected chi connectivity index (χ0v) is 8.62. The molecule has 0 amide bonds. The average Bonchev–Trinajstić information content (AvgIpc) is 2.28. The number of ether oxygens (including phenoxy) is 1. The predicted octanol–water partition coefficient (Wildman–Crippen LogP) is 0.00470. The second kappa shape index (κ2) is 4.83. The summed E-state index contributed by atoms with van der Waals surface area (Å²) in [5.41, 5.74) is 5.52. The second-order valence-electron chi connectivity index (χ2n) is 3.59. The standard InChI is InChI=1S/C9H17N3O2/c1-6(2)14-8(13)7-4-3-5-11-9(10)12-7/h6-7H,3-5H2,1-2H3,(H3,10,11,12). The van der Waals surface area contributed by atoms with Gasteiger partial charge in [0, 0.05) is 6.54 Å². The maximum absolute atomic E-state index is 11.5. The molecule has 0 saturated carbocycles. The number of guanidine groups is 1. The fraction of sp³-hybridized carbons (Fsp3) is 0.778. The Kier molecular flexibility index (Phi) is 3.73. The summed E-state index contributed by atoms with van der Waals surface area (Å²) in [4.78, 5) is 15.5. The molecule has 1 aliphatic heterocycles. The quantitative estimate of drug-likeness (QED) is 0.614. The van der Waals surface area contributed by atoms with Crippen molar-refractivity contribution in [2.45, 2.75) is 38.8 Å². The molecule has 1 atom stereocenters. The van der Waals surface area contributed by atoms with E-state index in [1.165, 1.54) is 0 Å². The van der Waals surface area contributed by atoms with E-state index in [0.29, 0.717) is 12.5 Å². The number of carbonyl (C=O) groups is 1. The third kappa shape index (κ3) is 3.24. The number of aliphatic imine (C=N–C) groups is 1. The second-order valence-corrected chi connectivity index (χ2v) is 3.59. The van der Waals surface area contributed by atoms with Crippen LogP contribution in [0, 0.1) is 0 Å². The highest BCUT2D eigenvalue weighted by molar-refractivity contribution is 5.85. The van der Waals surface area contributed by atoms with E-state index in [9.17, 15) is 4.79 Å². The summed E-state index contributed by atoms with van der Waals surface area (Å²) in [6.45, 7) is 4.32. The highest BCUT2D eigenvalue weighted by Crippen LogP contribution is 2.05. The van der Waals surface area contributed by atoms with Crippen molar-refractivity contribution in [1.82, 2.24) is 5.32 Å². The molecule has 0 aromatic rings. The molecule has 0 saturated heterocycles. The summed E-state index contributed by atoms with van der Waals surface area (Å²) in [5, 5.41) is 2.84. The summed E-state index contributed by atoms with van der Waals surface area (Å²) in [6, 6.07) is -0.344. The van der Waals surface area contributed by atoms with Gasteiger partial charge in [0.25, 0.3) is 0 Å². The lowest BCUT2D eigenvalue weighted by Crippen LogP contribution is -2.44. The van der Waals surface area contributed by atoms with Gasteiger partial charge in [0.05, 0.1) is 6.10 Å². The highest BCUT2D eigenvalue weighted by Gasteiger charge is 2.22. The van der Waals surface area contributed by atoms with E-state index in [1.807, 2.05) is 13.8 Å². The van der Waals surface area contributed by atoms with Crippen LogP contribution >= 0.6 is 0 Å². The van der Waals surface area contributed by atoms with Crippen LogP contribution in [0.4, 0.5) is 0 Å². The van der Waals surface area contributed by atoms with Crippen molar-refractivity contribution in [3.63, 3.8) is 0 Å². The number of nitrogens with one attached hydrogen (secondary N) is 1. The molecule has 1 unspecified atom stereocenters. The Balaban J connectivity index is 2.50. The Hall–Kier alpha value is -1.26. The third-order valence-corrected chi connectivity index (χ3v) is 1.89. The van der Waals surface area contributed by atoms with E-state index in [0.717, 1.165) is 12.8 Å². The van der Waals surface area contributed by atoms with E-state index in [1.54, 1.807) is 0 Å². The van der Waals surface area contributed by atoms with Gasteiger partial charge >= 0.3 is 5.97 Å². The highest BCUT2D eigenvalue weighted by atomic mass is 16.5. The lowest BCUT2D eigenvalue weighted by Gasteiger charge is -2.17. The lowest BCUT2D eigenvalue weighted by atomic mass is 10.1. The molecule has 5 nitrogen and oxygen atoms in total. The molecule has 3 N–H and O–H groups in total. The summed E-state index contributed by atoms with van der Waals surface area (Å²) in [6.07, 6.45) is 1.48. The molecule has 5 heteroatoms. The molecular weight excluding hydrogens is 182 g/mol. The average molecular weight is 199 g/mol. The number of hydrogen-bond acceptors (Lipinski definition) is 5. The molecule has 0 aliphatic carbocycles. The Labute approximate surface area is 83.7 Å². The van der Waals surface area contributed by atoms with Gasteiger partial charge in [-0.3, -0.25) is 4.99 Å². The van der Waals surface area contributed by atoms with Gasteiger partial charge in [-0.1, -0.05) is 0 Å². The normalized spacial score (nSPS) is 22.2. The van der Waals surface area contributed by atoms with Gasteiger partial charge in [-0.25, -0.2) is 4.79 Å². The van der Waals surface area contributed by atoms with Crippen LogP contribution in [0.2, 0.25) is 0 Å². The summed E-state index contributed by atoms with van der Waals surface area (Å²) in [7, 11) is 0. The number of nitrogens with zero attached hydrogens (tertiary/aromatic N) is 1. The zero-order valence-electron chi connectivity index (χ0n) is 8.62. The molecule has 0 aromatic carbocycles. The maximum Gasteiger partial charge on any atom is 0.328 e. The van der Waals surface area contributed by atoms with Gasteiger partial charge in [-0.2, -0.15) is 0 Å². The SMILES string of the molecule is CC(C)OC(=O)C1CCCN=C(N)N1. The van der Waals surface area contributed by atoms with Gasteiger partial charge in [0.15, 0.2) is 5.96 Å². The molecule has 0 radical (unpaired) electrons. The minimum atomic E-state index is -0.344. The van der Waals surface area contributed by atoms with Crippen molar-refractivity contribution >= 4 is 11.9 Å². The molecule has 0 aromatic heterocycles. The Morgan fingerprint density at radius 1 is 1.71 bits per heavy atom. The van der Waals surface area contributed by atoms with Crippen molar-refractivity contribution in [3.8, 4) is 0 Å². The predicted molar refractivity (Wildman–Crippen MR) is 53.9 cm³/mol. The first-order valence-corrected chi connectivity index (χ1v) is 4.86. The number of carbonyl (C=O) groups excluding carboxylic acids is 1. The van der Waals surface area contributed by atoms with Gasteiger partial charge in [-0.05, 0) is 26.7 Å². The van der Waals surface area contributed by atoms with Crippen molar-refractivity contribution in [2.75, 3.05) is 6.54 Å². The molecule has 14 heavy (non-hydrogen) atoms. The van der Waals surface area contributed by atoms with Gasteiger partial charge in [0.2, 0.25) is 0 Å². The molecule has 1 rings (SSSR count). The molecule has 1 heterocycles. The fourth-order valence-corrected chi connectivity index (χ4v) is 1.28. The number of hydrogen-bond donors (Lipinski definition) is 2. The molecule has 0 fully saturated rings. The minimum Gasteiger partial charge on any atom is -0.461 e. The molecule has 0 spiro atoms. The van der Waals surface area contributed by atoms with Crippen molar-refractivity contribution < 1.29 is 9.53 Å². The van der Waals surface area contributed by atoms with Gasteiger partial charge in [0.1, 0.15) is 6.04 Å². The number of rotatable bonds is 2. The van der Waals surface area contributed by atoms with Crippen LogP contribution in [0.3, 0.4) is 0 Å². The van der Waals surface area contributed by atoms with Crippen LogP contribution in [0.1, 0.15) is 26.7 Å². The van der Waals surface area contributed by atoms with Crippen LogP contribution in [0.15, 0.2) is 4.99 Å². The third-order valence-electron chi connectivity index (χ3n) is 1.89. The fourth-order valence-electron chi connectivity index (χ4n) is 1.28. The molecule has 80 valence electrons. The summed E-state index contributed by atoms with van der Waals surface area (Å²) < 4.78 is 5.08.